The van der Waals surface area contributed by atoms with E-state index in [-0.39, 0.29) is 36.1 Å². The van der Waals surface area contributed by atoms with Crippen LogP contribution in [0.25, 0.3) is 0 Å². The molecule has 208 valence electrons. The first-order valence-electron chi connectivity index (χ1n) is 14.0. The van der Waals surface area contributed by atoms with Gasteiger partial charge in [0.15, 0.2) is 0 Å². The smallest absolute Gasteiger partial charge is 0.246 e. The number of piperazine rings is 1. The normalized spacial score (nSPS) is 29.3. The molecule has 0 saturated carbocycles. The Kier molecular flexibility index (Phi) is 8.30. The minimum atomic E-state index is -1.21. The summed E-state index contributed by atoms with van der Waals surface area (Å²) in [4.78, 5) is 44.8. The SMILES string of the molecule is CN[C@@H](C)C(=O)N[C@H](C(=O)N1C[C@H]2CCCN2C[C@H]1C(=O)N[C@H]1c2ccccc2C[C@@H]1F)C1CCOCC1. The van der Waals surface area contributed by atoms with E-state index in [9.17, 15) is 14.4 Å². The maximum Gasteiger partial charge on any atom is 0.246 e. The predicted molar refractivity (Wildman–Crippen MR) is 140 cm³/mol. The highest BCUT2D eigenvalue weighted by Gasteiger charge is 2.46. The lowest BCUT2D eigenvalue weighted by Crippen LogP contribution is -2.66. The van der Waals surface area contributed by atoms with Crippen molar-refractivity contribution in [3.63, 3.8) is 0 Å². The van der Waals surface area contributed by atoms with Gasteiger partial charge in [-0.3, -0.25) is 19.3 Å². The summed E-state index contributed by atoms with van der Waals surface area (Å²) in [6.07, 6.45) is 2.36. The van der Waals surface area contributed by atoms with Crippen molar-refractivity contribution >= 4 is 17.7 Å². The van der Waals surface area contributed by atoms with Crippen LogP contribution in [-0.2, 0) is 25.5 Å². The lowest BCUT2D eigenvalue weighted by Gasteiger charge is -2.45. The van der Waals surface area contributed by atoms with Gasteiger partial charge < -0.3 is 25.6 Å². The van der Waals surface area contributed by atoms with Crippen LogP contribution in [0.3, 0.4) is 0 Å². The molecule has 1 aliphatic carbocycles. The molecule has 3 saturated heterocycles. The molecule has 0 aromatic heterocycles. The lowest BCUT2D eigenvalue weighted by molar-refractivity contribution is -0.150. The second-order valence-electron chi connectivity index (χ2n) is 11.1. The van der Waals surface area contributed by atoms with Crippen molar-refractivity contribution in [2.45, 2.75) is 75.4 Å². The Morgan fingerprint density at radius 1 is 1.11 bits per heavy atom. The molecule has 3 fully saturated rings. The van der Waals surface area contributed by atoms with Crippen LogP contribution in [0.2, 0.25) is 0 Å². The van der Waals surface area contributed by atoms with E-state index in [2.05, 4.69) is 20.9 Å². The van der Waals surface area contributed by atoms with E-state index in [4.69, 9.17) is 4.74 Å². The molecule has 0 radical (unpaired) electrons. The number of ether oxygens (including phenoxy) is 1. The van der Waals surface area contributed by atoms with Gasteiger partial charge in [0.05, 0.1) is 12.1 Å². The standard InChI is InChI=1S/C28H40FN5O4/c1-17(30-2)26(35)31-24(18-9-12-38-13-10-18)28(37)34-15-20-7-5-11-33(20)16-23(34)27(36)32-25-21-8-4-3-6-19(21)14-22(25)29/h3-4,6,8,17-18,20,22-25,30H,5,7,9-16H2,1-2H3,(H,31,35)(H,32,36)/t17-,20+,22-,23-,24-,25-/m0/s1. The molecule has 5 rings (SSSR count). The number of carbonyl (C=O) groups is 3. The van der Waals surface area contributed by atoms with Crippen LogP contribution in [-0.4, -0.2) is 97.8 Å². The molecule has 1 aromatic carbocycles. The van der Waals surface area contributed by atoms with Crippen LogP contribution in [0.5, 0.6) is 0 Å². The Balaban J connectivity index is 1.39. The van der Waals surface area contributed by atoms with E-state index >= 15 is 4.39 Å². The van der Waals surface area contributed by atoms with E-state index < -0.39 is 30.3 Å². The van der Waals surface area contributed by atoms with Crippen molar-refractivity contribution in [2.75, 3.05) is 39.9 Å². The number of benzene rings is 1. The van der Waals surface area contributed by atoms with Crippen molar-refractivity contribution < 1.29 is 23.5 Å². The van der Waals surface area contributed by atoms with Gasteiger partial charge in [-0.25, -0.2) is 4.39 Å². The van der Waals surface area contributed by atoms with Crippen LogP contribution < -0.4 is 16.0 Å². The predicted octanol–water partition coefficient (Wildman–Crippen LogP) is 0.933. The minimum Gasteiger partial charge on any atom is -0.381 e. The van der Waals surface area contributed by atoms with Crippen molar-refractivity contribution in [3.05, 3.63) is 35.4 Å². The van der Waals surface area contributed by atoms with Gasteiger partial charge in [-0.15, -0.1) is 0 Å². The molecule has 9 nitrogen and oxygen atoms in total. The number of hydrogen-bond donors (Lipinski definition) is 3. The third kappa shape index (κ3) is 5.44. The number of alkyl halides is 1. The summed E-state index contributed by atoms with van der Waals surface area (Å²) in [5.74, 6) is -0.898. The lowest BCUT2D eigenvalue weighted by atomic mass is 9.89. The zero-order chi connectivity index (χ0) is 26.8. The van der Waals surface area contributed by atoms with E-state index in [1.165, 1.54) is 0 Å². The molecule has 3 amide bonds. The van der Waals surface area contributed by atoms with Gasteiger partial charge in [0, 0.05) is 38.8 Å². The highest BCUT2D eigenvalue weighted by atomic mass is 19.1. The molecular formula is C28H40FN5O4. The van der Waals surface area contributed by atoms with Crippen molar-refractivity contribution in [3.8, 4) is 0 Å². The maximum atomic E-state index is 15.0. The first-order valence-corrected chi connectivity index (χ1v) is 14.0. The van der Waals surface area contributed by atoms with Gasteiger partial charge in [-0.1, -0.05) is 24.3 Å². The molecule has 0 spiro atoms. The highest BCUT2D eigenvalue weighted by Crippen LogP contribution is 2.34. The van der Waals surface area contributed by atoms with E-state index in [1.807, 2.05) is 24.3 Å². The monoisotopic (exact) mass is 529 g/mol. The second-order valence-corrected chi connectivity index (χ2v) is 11.1. The molecule has 0 unspecified atom stereocenters. The van der Waals surface area contributed by atoms with Gasteiger partial charge >= 0.3 is 0 Å². The number of fused-ring (bicyclic) bond motifs is 2. The molecular weight excluding hydrogens is 489 g/mol. The molecule has 4 aliphatic rings. The Hall–Kier alpha value is -2.56. The average Bonchev–Trinajstić information content (AvgIpc) is 3.53. The average molecular weight is 530 g/mol. The number of nitrogens with zero attached hydrogens (tertiary/aromatic N) is 2. The number of hydrogen-bond acceptors (Lipinski definition) is 6. The van der Waals surface area contributed by atoms with Crippen LogP contribution >= 0.6 is 0 Å². The number of halogens is 1. The summed E-state index contributed by atoms with van der Waals surface area (Å²) in [5, 5.41) is 8.88. The first-order chi connectivity index (χ1) is 18.4. The van der Waals surface area contributed by atoms with Crippen molar-refractivity contribution in [1.29, 1.82) is 0 Å². The van der Waals surface area contributed by atoms with E-state index in [0.29, 0.717) is 39.1 Å². The quantitative estimate of drug-likeness (QED) is 0.486. The third-order valence-corrected chi connectivity index (χ3v) is 8.87. The zero-order valence-corrected chi connectivity index (χ0v) is 22.3. The summed E-state index contributed by atoms with van der Waals surface area (Å²) in [7, 11) is 1.70. The van der Waals surface area contributed by atoms with Crippen LogP contribution in [0.4, 0.5) is 4.39 Å². The fraction of sp³-hybridized carbons (Fsp3) is 0.679. The summed E-state index contributed by atoms with van der Waals surface area (Å²) < 4.78 is 20.6. The number of nitrogens with one attached hydrogen (secondary N) is 3. The molecule has 10 heteroatoms. The van der Waals surface area contributed by atoms with Gasteiger partial charge in [0.1, 0.15) is 18.3 Å². The minimum absolute atomic E-state index is 0.0773. The largest absolute Gasteiger partial charge is 0.381 e. The summed E-state index contributed by atoms with van der Waals surface area (Å²) >= 11 is 0. The van der Waals surface area contributed by atoms with Gasteiger partial charge in [0.2, 0.25) is 17.7 Å². The van der Waals surface area contributed by atoms with Crippen LogP contribution in [0, 0.1) is 5.92 Å². The molecule has 3 aliphatic heterocycles. The molecule has 0 bridgehead atoms. The third-order valence-electron chi connectivity index (χ3n) is 8.87. The fourth-order valence-electron chi connectivity index (χ4n) is 6.47. The number of amides is 3. The van der Waals surface area contributed by atoms with Gasteiger partial charge in [-0.2, -0.15) is 0 Å². The molecule has 38 heavy (non-hydrogen) atoms. The number of rotatable bonds is 7. The molecule has 3 N–H and O–H groups in total. The second kappa shape index (κ2) is 11.7. The Labute approximate surface area is 223 Å². The first kappa shape index (κ1) is 27.0. The zero-order valence-electron chi connectivity index (χ0n) is 22.3. The summed E-state index contributed by atoms with van der Waals surface area (Å²) in [6, 6.07) is 5.00. The van der Waals surface area contributed by atoms with Crippen LogP contribution in [0.1, 0.15) is 49.8 Å². The van der Waals surface area contributed by atoms with Gasteiger partial charge in [0.25, 0.3) is 0 Å². The highest BCUT2D eigenvalue weighted by molar-refractivity contribution is 5.93. The van der Waals surface area contributed by atoms with E-state index in [1.54, 1.807) is 18.9 Å². The molecule has 3 heterocycles. The van der Waals surface area contributed by atoms with Crippen LogP contribution in [0.15, 0.2) is 24.3 Å². The number of carbonyl (C=O) groups excluding carboxylic acids is 3. The topological polar surface area (TPSA) is 103 Å². The van der Waals surface area contributed by atoms with Crippen molar-refractivity contribution in [1.82, 2.24) is 25.8 Å². The van der Waals surface area contributed by atoms with E-state index in [0.717, 1.165) is 30.5 Å². The van der Waals surface area contributed by atoms with Gasteiger partial charge in [-0.05, 0) is 63.2 Å². The Morgan fingerprint density at radius 3 is 2.63 bits per heavy atom. The van der Waals surface area contributed by atoms with Crippen molar-refractivity contribution in [2.24, 2.45) is 5.92 Å². The molecule has 6 atom stereocenters. The Bertz CT molecular complexity index is 1030. The maximum absolute atomic E-state index is 15.0. The fourth-order valence-corrected chi connectivity index (χ4v) is 6.47. The summed E-state index contributed by atoms with van der Waals surface area (Å²) in [6.45, 7) is 4.54. The Morgan fingerprint density at radius 2 is 1.87 bits per heavy atom. The number of likely N-dealkylation sites (N-methyl/N-ethyl adjacent to an activating group) is 1. The summed E-state index contributed by atoms with van der Waals surface area (Å²) in [5.41, 5.74) is 1.71. The molecule has 1 aromatic rings.